The van der Waals surface area contributed by atoms with Crippen LogP contribution < -0.4 is 0 Å². The van der Waals surface area contributed by atoms with Gasteiger partial charge in [0.1, 0.15) is 5.82 Å². The van der Waals surface area contributed by atoms with Crippen molar-refractivity contribution in [3.8, 4) is 5.75 Å². The minimum atomic E-state index is 0.206. The number of nitrogens with zero attached hydrogens (tertiary/aromatic N) is 3. The predicted octanol–water partition coefficient (Wildman–Crippen LogP) is 2.48. The Hall–Kier alpha value is -1.58. The van der Waals surface area contributed by atoms with Gasteiger partial charge in [0.2, 0.25) is 5.65 Å². The zero-order valence-electron chi connectivity index (χ0n) is 9.13. The summed E-state index contributed by atoms with van der Waals surface area (Å²) in [4.78, 5) is 0. The highest BCUT2D eigenvalue weighted by Crippen LogP contribution is 2.32. The van der Waals surface area contributed by atoms with Gasteiger partial charge in [-0.05, 0) is 25.0 Å². The van der Waals surface area contributed by atoms with E-state index in [1.807, 2.05) is 16.7 Å². The molecule has 0 aromatic carbocycles. The van der Waals surface area contributed by atoms with Crippen LogP contribution in [0.15, 0.2) is 18.3 Å². The number of rotatable bonds is 1. The van der Waals surface area contributed by atoms with Gasteiger partial charge in [-0.3, -0.25) is 4.40 Å². The standard InChI is InChI=1S/C12H15N3O/c16-10-7-4-8-15-11(13-14-12(10)15)9-5-2-1-3-6-9/h4,7-9,16H,1-3,5-6H2. The van der Waals surface area contributed by atoms with Crippen molar-refractivity contribution in [2.45, 2.75) is 38.0 Å². The fourth-order valence-electron chi connectivity index (χ4n) is 2.56. The normalized spacial score (nSPS) is 18.0. The lowest BCUT2D eigenvalue weighted by Crippen LogP contribution is -2.08. The van der Waals surface area contributed by atoms with Gasteiger partial charge in [-0.2, -0.15) is 0 Å². The molecule has 0 atom stereocenters. The van der Waals surface area contributed by atoms with Gasteiger partial charge in [0.25, 0.3) is 0 Å². The Kier molecular flexibility index (Phi) is 2.27. The lowest BCUT2D eigenvalue weighted by molar-refractivity contribution is 0.426. The van der Waals surface area contributed by atoms with Crippen LogP contribution in [-0.2, 0) is 0 Å². The first-order valence-electron chi connectivity index (χ1n) is 5.89. The monoisotopic (exact) mass is 217 g/mol. The fraction of sp³-hybridized carbons (Fsp3) is 0.500. The molecule has 2 aromatic rings. The minimum Gasteiger partial charge on any atom is -0.504 e. The summed E-state index contributed by atoms with van der Waals surface area (Å²) in [5.41, 5.74) is 0.572. The van der Waals surface area contributed by atoms with Gasteiger partial charge in [-0.1, -0.05) is 19.3 Å². The molecule has 2 aromatic heterocycles. The van der Waals surface area contributed by atoms with Gasteiger partial charge >= 0.3 is 0 Å². The van der Waals surface area contributed by atoms with Crippen LogP contribution in [0.25, 0.3) is 5.65 Å². The van der Waals surface area contributed by atoms with Crippen LogP contribution in [0.2, 0.25) is 0 Å². The summed E-state index contributed by atoms with van der Waals surface area (Å²) in [7, 11) is 0. The van der Waals surface area contributed by atoms with Gasteiger partial charge in [-0.15, -0.1) is 10.2 Å². The Morgan fingerprint density at radius 3 is 2.81 bits per heavy atom. The van der Waals surface area contributed by atoms with Crippen molar-refractivity contribution in [3.63, 3.8) is 0 Å². The van der Waals surface area contributed by atoms with Crippen LogP contribution in [0.5, 0.6) is 5.75 Å². The van der Waals surface area contributed by atoms with E-state index >= 15 is 0 Å². The molecule has 0 aliphatic heterocycles. The van der Waals surface area contributed by atoms with E-state index in [0.29, 0.717) is 11.6 Å². The van der Waals surface area contributed by atoms with E-state index < -0.39 is 0 Å². The maximum atomic E-state index is 9.66. The average Bonchev–Trinajstić information content (AvgIpc) is 2.75. The van der Waals surface area contributed by atoms with Crippen LogP contribution >= 0.6 is 0 Å². The zero-order chi connectivity index (χ0) is 11.0. The van der Waals surface area contributed by atoms with E-state index in [0.717, 1.165) is 5.82 Å². The summed E-state index contributed by atoms with van der Waals surface area (Å²) < 4.78 is 1.92. The van der Waals surface area contributed by atoms with E-state index in [1.165, 1.54) is 32.1 Å². The second-order valence-corrected chi connectivity index (χ2v) is 4.48. The predicted molar refractivity (Wildman–Crippen MR) is 60.5 cm³/mol. The molecule has 0 saturated heterocycles. The third-order valence-electron chi connectivity index (χ3n) is 3.41. The lowest BCUT2D eigenvalue weighted by atomic mass is 9.89. The molecule has 1 saturated carbocycles. The van der Waals surface area contributed by atoms with Crippen molar-refractivity contribution in [3.05, 3.63) is 24.2 Å². The fourth-order valence-corrected chi connectivity index (χ4v) is 2.56. The Labute approximate surface area is 93.9 Å². The van der Waals surface area contributed by atoms with Crippen molar-refractivity contribution in [2.75, 3.05) is 0 Å². The topological polar surface area (TPSA) is 50.4 Å². The van der Waals surface area contributed by atoms with Crippen molar-refractivity contribution >= 4 is 5.65 Å². The molecule has 1 aliphatic rings. The molecule has 16 heavy (non-hydrogen) atoms. The van der Waals surface area contributed by atoms with Crippen molar-refractivity contribution in [2.24, 2.45) is 0 Å². The maximum absolute atomic E-state index is 9.66. The molecule has 0 amide bonds. The van der Waals surface area contributed by atoms with Gasteiger partial charge in [-0.25, -0.2) is 0 Å². The number of pyridine rings is 1. The Morgan fingerprint density at radius 2 is 2.00 bits per heavy atom. The van der Waals surface area contributed by atoms with E-state index in [2.05, 4.69) is 10.2 Å². The van der Waals surface area contributed by atoms with Crippen LogP contribution in [-0.4, -0.2) is 19.7 Å². The molecule has 2 heterocycles. The number of hydrogen-bond acceptors (Lipinski definition) is 3. The molecule has 4 nitrogen and oxygen atoms in total. The highest BCUT2D eigenvalue weighted by atomic mass is 16.3. The van der Waals surface area contributed by atoms with E-state index in [4.69, 9.17) is 0 Å². The zero-order valence-corrected chi connectivity index (χ0v) is 9.13. The third kappa shape index (κ3) is 1.45. The minimum absolute atomic E-state index is 0.206. The number of aromatic nitrogens is 3. The lowest BCUT2D eigenvalue weighted by Gasteiger charge is -2.19. The molecule has 3 rings (SSSR count). The molecule has 0 bridgehead atoms. The second-order valence-electron chi connectivity index (χ2n) is 4.48. The molecular formula is C12H15N3O. The van der Waals surface area contributed by atoms with Crippen LogP contribution in [0.3, 0.4) is 0 Å². The van der Waals surface area contributed by atoms with Gasteiger partial charge in [0.05, 0.1) is 0 Å². The Bertz CT molecular complexity index is 500. The summed E-state index contributed by atoms with van der Waals surface area (Å²) in [5.74, 6) is 1.72. The maximum Gasteiger partial charge on any atom is 0.203 e. The second kappa shape index (κ2) is 3.77. The molecule has 1 N–H and O–H groups in total. The summed E-state index contributed by atoms with van der Waals surface area (Å²) in [6.07, 6.45) is 8.20. The van der Waals surface area contributed by atoms with E-state index in [1.54, 1.807) is 6.07 Å². The highest BCUT2D eigenvalue weighted by molar-refractivity contribution is 5.52. The first-order valence-corrected chi connectivity index (χ1v) is 5.89. The number of hydrogen-bond donors (Lipinski definition) is 1. The molecule has 84 valence electrons. The molecule has 1 fully saturated rings. The molecule has 0 radical (unpaired) electrons. The van der Waals surface area contributed by atoms with E-state index in [-0.39, 0.29) is 5.75 Å². The van der Waals surface area contributed by atoms with Gasteiger partial charge < -0.3 is 5.11 Å². The summed E-state index contributed by atoms with van der Waals surface area (Å²) in [6.45, 7) is 0. The van der Waals surface area contributed by atoms with Gasteiger partial charge in [0.15, 0.2) is 5.75 Å². The highest BCUT2D eigenvalue weighted by Gasteiger charge is 2.21. The SMILES string of the molecule is Oc1cccn2c(C3CCCCC3)nnc12. The van der Waals surface area contributed by atoms with Crippen LogP contribution in [0.4, 0.5) is 0 Å². The number of fused-ring (bicyclic) bond motifs is 1. The van der Waals surface area contributed by atoms with Crippen LogP contribution in [0, 0.1) is 0 Å². The largest absolute Gasteiger partial charge is 0.504 e. The molecule has 0 spiro atoms. The first kappa shape index (κ1) is 9.63. The summed E-state index contributed by atoms with van der Waals surface area (Å²) >= 11 is 0. The third-order valence-corrected chi connectivity index (χ3v) is 3.41. The smallest absolute Gasteiger partial charge is 0.203 e. The van der Waals surface area contributed by atoms with Gasteiger partial charge in [0, 0.05) is 12.1 Å². The number of aromatic hydroxyl groups is 1. The van der Waals surface area contributed by atoms with E-state index in [9.17, 15) is 5.11 Å². The Morgan fingerprint density at radius 1 is 1.19 bits per heavy atom. The molecule has 4 heteroatoms. The quantitative estimate of drug-likeness (QED) is 0.798. The molecule has 1 aliphatic carbocycles. The van der Waals surface area contributed by atoms with Crippen molar-refractivity contribution < 1.29 is 5.11 Å². The Balaban J connectivity index is 2.06. The average molecular weight is 217 g/mol. The molecular weight excluding hydrogens is 202 g/mol. The van der Waals surface area contributed by atoms with Crippen molar-refractivity contribution in [1.29, 1.82) is 0 Å². The summed E-state index contributed by atoms with van der Waals surface area (Å²) in [5, 5.41) is 17.9. The first-order chi connectivity index (χ1) is 7.86. The van der Waals surface area contributed by atoms with Crippen LogP contribution in [0.1, 0.15) is 43.8 Å². The molecule has 0 unspecified atom stereocenters. The summed E-state index contributed by atoms with van der Waals surface area (Å²) in [6, 6.07) is 3.48. The van der Waals surface area contributed by atoms with Crippen molar-refractivity contribution in [1.82, 2.24) is 14.6 Å².